The molecule has 0 saturated heterocycles. The van der Waals surface area contributed by atoms with E-state index in [-0.39, 0.29) is 12.4 Å². The zero-order chi connectivity index (χ0) is 22.2. The lowest BCUT2D eigenvalue weighted by molar-refractivity contribution is 0.123. The average molecular weight is 482 g/mol. The molecule has 6 heteroatoms. The molecule has 0 saturated carbocycles. The molecule has 31 heavy (non-hydrogen) atoms. The van der Waals surface area contributed by atoms with Crippen LogP contribution in [0.1, 0.15) is 122 Å². The Morgan fingerprint density at radius 1 is 0.484 bits per heavy atom. The normalized spacial score (nSPS) is 11.6. The van der Waals surface area contributed by atoms with Gasteiger partial charge < -0.3 is 18.6 Å². The van der Waals surface area contributed by atoms with Crippen molar-refractivity contribution in [3.05, 3.63) is 0 Å². The van der Waals surface area contributed by atoms with Crippen LogP contribution in [0.2, 0.25) is 6.04 Å². The van der Waals surface area contributed by atoms with Crippen LogP contribution in [-0.2, 0) is 13.3 Å². The molecular weight excluding hydrogens is 426 g/mol. The molecule has 4 nitrogen and oxygen atoms in total. The quantitative estimate of drug-likeness (QED) is 0.106. The summed E-state index contributed by atoms with van der Waals surface area (Å²) >= 11 is 0. The van der Waals surface area contributed by atoms with Crippen LogP contribution < -0.4 is 5.32 Å². The first-order valence-corrected chi connectivity index (χ1v) is 15.0. The van der Waals surface area contributed by atoms with Crippen LogP contribution in [0.5, 0.6) is 0 Å². The summed E-state index contributed by atoms with van der Waals surface area (Å²) in [4.78, 5) is 0. The van der Waals surface area contributed by atoms with Crippen molar-refractivity contribution in [3.63, 3.8) is 0 Å². The summed E-state index contributed by atoms with van der Waals surface area (Å²) in [6.07, 6.45) is 25.3. The minimum Gasteiger partial charge on any atom is -0.377 e. The van der Waals surface area contributed by atoms with E-state index in [2.05, 4.69) is 12.2 Å². The van der Waals surface area contributed by atoms with E-state index in [1.807, 2.05) is 0 Å². The smallest absolute Gasteiger partial charge is 0.377 e. The standard InChI is InChI=1S/C25H55NO3Si.ClH/c1-5-6-7-8-9-10-11-12-13-14-15-16-17-18-19-20-21-23-26-24-22-25-30(27-2,28-3)29-4;/h26H,5-25H2,1-4H3;1H. The Morgan fingerprint density at radius 3 is 1.16 bits per heavy atom. The van der Waals surface area contributed by atoms with Crippen molar-refractivity contribution in [1.29, 1.82) is 0 Å². The molecule has 0 rings (SSSR count). The van der Waals surface area contributed by atoms with E-state index >= 15 is 0 Å². The van der Waals surface area contributed by atoms with Crippen molar-refractivity contribution in [2.45, 2.75) is 129 Å². The highest BCUT2D eigenvalue weighted by Crippen LogP contribution is 2.15. The van der Waals surface area contributed by atoms with Gasteiger partial charge in [-0.1, -0.05) is 110 Å². The van der Waals surface area contributed by atoms with Crippen LogP contribution in [0.25, 0.3) is 0 Å². The second kappa shape index (κ2) is 26.6. The summed E-state index contributed by atoms with van der Waals surface area (Å²) in [5.74, 6) is 0. The SMILES string of the molecule is CCCCCCCCCCCCCCCCCCCNCCC[Si](OC)(OC)OC.Cl. The van der Waals surface area contributed by atoms with Crippen molar-refractivity contribution in [2.75, 3.05) is 34.4 Å². The molecule has 0 unspecified atom stereocenters. The number of halogens is 1. The summed E-state index contributed by atoms with van der Waals surface area (Å²) in [7, 11) is 2.68. The van der Waals surface area contributed by atoms with Crippen molar-refractivity contribution in [1.82, 2.24) is 5.32 Å². The molecule has 0 atom stereocenters. The molecule has 0 amide bonds. The third-order valence-corrected chi connectivity index (χ3v) is 9.06. The van der Waals surface area contributed by atoms with Gasteiger partial charge in [-0.05, 0) is 25.9 Å². The van der Waals surface area contributed by atoms with Crippen molar-refractivity contribution in [2.24, 2.45) is 0 Å². The summed E-state index contributed by atoms with van der Waals surface area (Å²) in [5, 5.41) is 3.54. The Morgan fingerprint density at radius 2 is 0.806 bits per heavy atom. The van der Waals surface area contributed by atoms with E-state index in [4.69, 9.17) is 13.3 Å². The Kier molecular flexibility index (Phi) is 28.8. The summed E-state index contributed by atoms with van der Waals surface area (Å²) < 4.78 is 16.3. The molecule has 0 radical (unpaired) electrons. The van der Waals surface area contributed by atoms with Gasteiger partial charge in [-0.3, -0.25) is 0 Å². The van der Waals surface area contributed by atoms with Gasteiger partial charge in [0.15, 0.2) is 0 Å². The lowest BCUT2D eigenvalue weighted by Gasteiger charge is -2.24. The second-order valence-electron chi connectivity index (χ2n) is 8.81. The van der Waals surface area contributed by atoms with Gasteiger partial charge in [0.25, 0.3) is 0 Å². The van der Waals surface area contributed by atoms with Gasteiger partial charge in [-0.15, -0.1) is 12.4 Å². The van der Waals surface area contributed by atoms with Crippen LogP contribution in [0, 0.1) is 0 Å². The van der Waals surface area contributed by atoms with E-state index < -0.39 is 8.80 Å². The van der Waals surface area contributed by atoms with Crippen molar-refractivity contribution >= 4 is 21.2 Å². The van der Waals surface area contributed by atoms with E-state index in [1.54, 1.807) is 21.3 Å². The van der Waals surface area contributed by atoms with E-state index in [0.717, 1.165) is 25.6 Å². The molecule has 1 N–H and O–H groups in total. The number of nitrogens with one attached hydrogen (secondary N) is 1. The predicted octanol–water partition coefficient (Wildman–Crippen LogP) is 7.92. The lowest BCUT2D eigenvalue weighted by atomic mass is 10.0. The third-order valence-electron chi connectivity index (χ3n) is 6.23. The number of rotatable bonds is 25. The Balaban J connectivity index is 0. The maximum atomic E-state index is 5.45. The molecule has 0 heterocycles. The highest BCUT2D eigenvalue weighted by Gasteiger charge is 2.36. The van der Waals surface area contributed by atoms with Crippen LogP contribution in [0.3, 0.4) is 0 Å². The van der Waals surface area contributed by atoms with E-state index in [1.165, 1.54) is 109 Å². The average Bonchev–Trinajstić information content (AvgIpc) is 2.78. The minimum absolute atomic E-state index is 0. The van der Waals surface area contributed by atoms with Gasteiger partial charge >= 0.3 is 8.80 Å². The van der Waals surface area contributed by atoms with Gasteiger partial charge in [-0.2, -0.15) is 0 Å². The van der Waals surface area contributed by atoms with Gasteiger partial charge in [0.1, 0.15) is 0 Å². The molecule has 0 fully saturated rings. The van der Waals surface area contributed by atoms with Crippen LogP contribution in [0.4, 0.5) is 0 Å². The molecule has 0 aliphatic rings. The molecule has 0 aromatic carbocycles. The molecule has 190 valence electrons. The van der Waals surface area contributed by atoms with E-state index in [9.17, 15) is 0 Å². The molecule has 0 spiro atoms. The highest BCUT2D eigenvalue weighted by atomic mass is 35.5. The highest BCUT2D eigenvalue weighted by molar-refractivity contribution is 6.60. The molecule has 0 aromatic heterocycles. The lowest BCUT2D eigenvalue weighted by Crippen LogP contribution is -2.43. The zero-order valence-electron chi connectivity index (χ0n) is 21.5. The van der Waals surface area contributed by atoms with Crippen molar-refractivity contribution in [3.8, 4) is 0 Å². The molecule has 0 aliphatic heterocycles. The molecular formula is C25H56ClNO3Si. The number of hydrogen-bond donors (Lipinski definition) is 1. The first kappa shape index (κ1) is 33.5. The molecule has 0 aliphatic carbocycles. The van der Waals surface area contributed by atoms with Gasteiger partial charge in [0.05, 0.1) is 0 Å². The fraction of sp³-hybridized carbons (Fsp3) is 1.00. The topological polar surface area (TPSA) is 39.7 Å². The fourth-order valence-electron chi connectivity index (χ4n) is 4.09. The largest absolute Gasteiger partial charge is 0.500 e. The summed E-state index contributed by atoms with van der Waals surface area (Å²) in [6.45, 7) is 4.44. The summed E-state index contributed by atoms with van der Waals surface area (Å²) in [6, 6.07) is 0.878. The number of hydrogen-bond acceptors (Lipinski definition) is 4. The third kappa shape index (κ3) is 21.9. The predicted molar refractivity (Wildman–Crippen MR) is 140 cm³/mol. The molecule has 0 aromatic rings. The monoisotopic (exact) mass is 481 g/mol. The maximum Gasteiger partial charge on any atom is 0.500 e. The minimum atomic E-state index is -2.37. The van der Waals surface area contributed by atoms with Crippen LogP contribution in [0.15, 0.2) is 0 Å². The number of unbranched alkanes of at least 4 members (excludes halogenated alkanes) is 16. The summed E-state index contributed by atoms with van der Waals surface area (Å²) in [5.41, 5.74) is 0. The van der Waals surface area contributed by atoms with Crippen molar-refractivity contribution < 1.29 is 13.3 Å². The van der Waals surface area contributed by atoms with Crippen LogP contribution in [-0.4, -0.2) is 43.2 Å². The van der Waals surface area contributed by atoms with Gasteiger partial charge in [0, 0.05) is 27.4 Å². The first-order valence-electron chi connectivity index (χ1n) is 13.1. The Hall–Kier alpha value is 0.347. The Labute approximate surface area is 202 Å². The first-order chi connectivity index (χ1) is 14.7. The maximum absolute atomic E-state index is 5.45. The van der Waals surface area contributed by atoms with E-state index in [0.29, 0.717) is 0 Å². The van der Waals surface area contributed by atoms with Crippen LogP contribution >= 0.6 is 12.4 Å². The Bertz CT molecular complexity index is 326. The van der Waals surface area contributed by atoms with Gasteiger partial charge in [0.2, 0.25) is 0 Å². The molecule has 0 bridgehead atoms. The fourth-order valence-corrected chi connectivity index (χ4v) is 5.81. The zero-order valence-corrected chi connectivity index (χ0v) is 23.3. The van der Waals surface area contributed by atoms with Gasteiger partial charge in [-0.25, -0.2) is 0 Å². The second-order valence-corrected chi connectivity index (χ2v) is 11.9.